The van der Waals surface area contributed by atoms with Crippen LogP contribution < -0.4 is 10.1 Å². The molecule has 1 atom stereocenters. The van der Waals surface area contributed by atoms with Gasteiger partial charge in [0.25, 0.3) is 0 Å². The Labute approximate surface area is 214 Å². The molecule has 37 heavy (non-hydrogen) atoms. The lowest BCUT2D eigenvalue weighted by molar-refractivity contribution is -0.136. The quantitative estimate of drug-likeness (QED) is 0.264. The molecule has 0 radical (unpaired) electrons. The molecule has 0 heterocycles. The molecule has 0 fully saturated rings. The van der Waals surface area contributed by atoms with Crippen molar-refractivity contribution < 1.29 is 22.7 Å². The molecule has 7 heteroatoms. The summed E-state index contributed by atoms with van der Waals surface area (Å²) in [5.41, 5.74) is 1.55. The van der Waals surface area contributed by atoms with Crippen molar-refractivity contribution in [3.8, 4) is 5.75 Å². The van der Waals surface area contributed by atoms with Gasteiger partial charge in [0.2, 0.25) is 0 Å². The molecule has 1 unspecified atom stereocenters. The van der Waals surface area contributed by atoms with Crippen molar-refractivity contribution in [1.29, 1.82) is 0 Å². The van der Waals surface area contributed by atoms with Gasteiger partial charge in [-0.05, 0) is 47.9 Å². The Morgan fingerprint density at radius 3 is 2.05 bits per heavy atom. The maximum Gasteiger partial charge on any atom is 0.418 e. The largest absolute Gasteiger partial charge is 0.489 e. The third-order valence-electron chi connectivity index (χ3n) is 6.01. The third-order valence-corrected chi connectivity index (χ3v) is 6.01. The van der Waals surface area contributed by atoms with Crippen LogP contribution in [-0.4, -0.2) is 10.9 Å². The van der Waals surface area contributed by atoms with Gasteiger partial charge in [0.1, 0.15) is 12.4 Å². The lowest BCUT2D eigenvalue weighted by Gasteiger charge is -2.30. The predicted molar refractivity (Wildman–Crippen MR) is 138 cm³/mol. The maximum atomic E-state index is 13.5. The Kier molecular flexibility index (Phi) is 8.13. The summed E-state index contributed by atoms with van der Waals surface area (Å²) >= 11 is 0. The van der Waals surface area contributed by atoms with E-state index < -0.39 is 23.8 Å². The lowest BCUT2D eigenvalue weighted by Crippen LogP contribution is -2.37. The van der Waals surface area contributed by atoms with E-state index in [1.54, 1.807) is 0 Å². The molecule has 1 N–H and O–H groups in total. The van der Waals surface area contributed by atoms with Gasteiger partial charge < -0.3 is 15.0 Å². The van der Waals surface area contributed by atoms with Gasteiger partial charge >= 0.3 is 12.2 Å². The zero-order valence-electron chi connectivity index (χ0n) is 20.3. The Hall–Kier alpha value is -4.26. The third kappa shape index (κ3) is 6.91. The predicted octanol–water partition coefficient (Wildman–Crippen LogP) is 8.08. The fourth-order valence-corrected chi connectivity index (χ4v) is 3.95. The minimum Gasteiger partial charge on any atom is -0.489 e. The zero-order chi connectivity index (χ0) is 26.3. The Morgan fingerprint density at radius 2 is 1.41 bits per heavy atom. The fraction of sp³-hybridized carbons (Fsp3) is 0.167. The van der Waals surface area contributed by atoms with E-state index >= 15 is 0 Å². The number of urea groups is 1. The summed E-state index contributed by atoms with van der Waals surface area (Å²) in [5.74, 6) is 0.679. The van der Waals surface area contributed by atoms with Gasteiger partial charge in [0.05, 0.1) is 17.3 Å². The number of ether oxygens (including phenoxy) is 1. The molecule has 4 aromatic rings. The molecular formula is C30H27F3N2O2. The number of carbonyl (C=O) groups excluding carboxylic acids is 1. The van der Waals surface area contributed by atoms with Crippen molar-refractivity contribution in [2.24, 2.45) is 0 Å². The fourth-order valence-electron chi connectivity index (χ4n) is 3.95. The first-order chi connectivity index (χ1) is 17.8. The van der Waals surface area contributed by atoms with Crippen LogP contribution in [0.25, 0.3) is 0 Å². The van der Waals surface area contributed by atoms with Crippen molar-refractivity contribution in [2.75, 3.05) is 5.32 Å². The number of hydrogen-bond acceptors (Lipinski definition) is 2. The summed E-state index contributed by atoms with van der Waals surface area (Å²) in [6.45, 7) is 2.47. The summed E-state index contributed by atoms with van der Waals surface area (Å²) in [6, 6.07) is 30.4. The molecule has 0 saturated heterocycles. The molecular weight excluding hydrogens is 477 g/mol. The summed E-state index contributed by atoms with van der Waals surface area (Å²) in [5, 5.41) is 2.48. The molecule has 0 saturated carbocycles. The lowest BCUT2D eigenvalue weighted by atomic mass is 10.1. The SMILES string of the molecule is CC(c1ccccc1)N(Cc1ccc(OCc2ccccc2)cc1)C(=O)Nc1ccccc1C(F)(F)F. The van der Waals surface area contributed by atoms with Gasteiger partial charge in [-0.3, -0.25) is 0 Å². The average molecular weight is 505 g/mol. The molecule has 0 bridgehead atoms. The number of carbonyl (C=O) groups is 1. The smallest absolute Gasteiger partial charge is 0.418 e. The molecule has 4 nitrogen and oxygen atoms in total. The number of rotatable bonds is 8. The standard InChI is InChI=1S/C30H27F3N2O2/c1-22(25-12-6-3-7-13-25)35(29(36)34-28-15-9-8-14-27(28)30(31,32)33)20-23-16-18-26(19-17-23)37-21-24-10-4-2-5-11-24/h2-19,22H,20-21H2,1H3,(H,34,36). The van der Waals surface area contributed by atoms with Gasteiger partial charge in [0, 0.05) is 6.54 Å². The zero-order valence-corrected chi connectivity index (χ0v) is 20.3. The van der Waals surface area contributed by atoms with E-state index in [0.29, 0.717) is 12.4 Å². The second kappa shape index (κ2) is 11.6. The number of nitrogens with one attached hydrogen (secondary N) is 1. The van der Waals surface area contributed by atoms with Gasteiger partial charge in [-0.1, -0.05) is 84.9 Å². The molecule has 0 spiro atoms. The van der Waals surface area contributed by atoms with Crippen LogP contribution in [0, 0.1) is 0 Å². The first kappa shape index (κ1) is 25.8. The van der Waals surface area contributed by atoms with Crippen LogP contribution >= 0.6 is 0 Å². The Morgan fingerprint density at radius 1 is 0.811 bits per heavy atom. The molecule has 2 amide bonds. The molecule has 0 aliphatic rings. The summed E-state index contributed by atoms with van der Waals surface area (Å²) in [6.07, 6.45) is -4.59. The van der Waals surface area contributed by atoms with Crippen molar-refractivity contribution in [2.45, 2.75) is 32.3 Å². The number of hydrogen-bond donors (Lipinski definition) is 1. The van der Waals surface area contributed by atoms with E-state index in [4.69, 9.17) is 4.74 Å². The number of alkyl halides is 3. The van der Waals surface area contributed by atoms with E-state index in [2.05, 4.69) is 5.32 Å². The molecule has 4 aromatic carbocycles. The van der Waals surface area contributed by atoms with Gasteiger partial charge in [-0.2, -0.15) is 13.2 Å². The van der Waals surface area contributed by atoms with Crippen molar-refractivity contribution in [1.82, 2.24) is 4.90 Å². The second-order valence-corrected chi connectivity index (χ2v) is 8.61. The van der Waals surface area contributed by atoms with E-state index in [9.17, 15) is 18.0 Å². The van der Waals surface area contributed by atoms with E-state index in [1.807, 2.05) is 91.9 Å². The first-order valence-electron chi connectivity index (χ1n) is 11.9. The minimum atomic E-state index is -4.59. The topological polar surface area (TPSA) is 41.6 Å². The number of anilines is 1. The highest BCUT2D eigenvalue weighted by molar-refractivity contribution is 5.90. The van der Waals surface area contributed by atoms with Crippen LogP contribution in [-0.2, 0) is 19.3 Å². The Balaban J connectivity index is 1.53. The monoisotopic (exact) mass is 504 g/mol. The summed E-state index contributed by atoms with van der Waals surface area (Å²) in [4.78, 5) is 14.9. The second-order valence-electron chi connectivity index (χ2n) is 8.61. The minimum absolute atomic E-state index is 0.190. The van der Waals surface area contributed by atoms with Crippen LogP contribution in [0.5, 0.6) is 5.75 Å². The average Bonchev–Trinajstić information content (AvgIpc) is 2.91. The number of halogens is 3. The van der Waals surface area contributed by atoms with Gasteiger partial charge in [0.15, 0.2) is 0 Å². The first-order valence-corrected chi connectivity index (χ1v) is 11.9. The van der Waals surface area contributed by atoms with Gasteiger partial charge in [-0.25, -0.2) is 4.79 Å². The van der Waals surface area contributed by atoms with Gasteiger partial charge in [-0.15, -0.1) is 0 Å². The number of benzene rings is 4. The van der Waals surface area contributed by atoms with Crippen molar-refractivity contribution in [3.63, 3.8) is 0 Å². The van der Waals surface area contributed by atoms with E-state index in [1.165, 1.54) is 23.1 Å². The van der Waals surface area contributed by atoms with Crippen LogP contribution in [0.2, 0.25) is 0 Å². The number of para-hydroxylation sites is 1. The molecule has 190 valence electrons. The number of nitrogens with zero attached hydrogens (tertiary/aromatic N) is 1. The highest BCUT2D eigenvalue weighted by Crippen LogP contribution is 2.35. The van der Waals surface area contributed by atoms with Crippen LogP contribution in [0.15, 0.2) is 109 Å². The summed E-state index contributed by atoms with van der Waals surface area (Å²) in [7, 11) is 0. The molecule has 0 aliphatic heterocycles. The summed E-state index contributed by atoms with van der Waals surface area (Å²) < 4.78 is 46.3. The normalized spacial score (nSPS) is 12.0. The van der Waals surface area contributed by atoms with Crippen LogP contribution in [0.3, 0.4) is 0 Å². The number of amides is 2. The van der Waals surface area contributed by atoms with E-state index in [0.717, 1.165) is 22.8 Å². The van der Waals surface area contributed by atoms with Crippen molar-refractivity contribution >= 4 is 11.7 Å². The molecule has 4 rings (SSSR count). The maximum absolute atomic E-state index is 13.5. The highest BCUT2D eigenvalue weighted by Gasteiger charge is 2.34. The molecule has 0 aromatic heterocycles. The highest BCUT2D eigenvalue weighted by atomic mass is 19.4. The van der Waals surface area contributed by atoms with Crippen LogP contribution in [0.1, 0.15) is 35.2 Å². The molecule has 0 aliphatic carbocycles. The van der Waals surface area contributed by atoms with Crippen molar-refractivity contribution in [3.05, 3.63) is 131 Å². The van der Waals surface area contributed by atoms with Crippen LogP contribution in [0.4, 0.5) is 23.7 Å². The Bertz CT molecular complexity index is 1290. The van der Waals surface area contributed by atoms with E-state index in [-0.39, 0.29) is 12.2 Å².